The third kappa shape index (κ3) is 3.69. The number of hydrogen-bond donors (Lipinski definition) is 2. The van der Waals surface area contributed by atoms with Gasteiger partial charge in [-0.3, -0.25) is 0 Å². The van der Waals surface area contributed by atoms with Crippen LogP contribution in [0.5, 0.6) is 0 Å². The van der Waals surface area contributed by atoms with E-state index in [4.69, 9.17) is 11.6 Å². The third-order valence-corrected chi connectivity index (χ3v) is 4.66. The first-order valence-electron chi connectivity index (χ1n) is 7.70. The summed E-state index contributed by atoms with van der Waals surface area (Å²) >= 11 is 6.11. The zero-order chi connectivity index (χ0) is 14.8. The van der Waals surface area contributed by atoms with E-state index in [2.05, 4.69) is 10.6 Å². The van der Waals surface area contributed by atoms with Gasteiger partial charge in [0, 0.05) is 29.3 Å². The highest BCUT2D eigenvalue weighted by Crippen LogP contribution is 2.29. The molecular weight excluding hydrogens is 286 g/mol. The molecule has 21 heavy (non-hydrogen) atoms. The minimum Gasteiger partial charge on any atom is -0.320 e. The largest absolute Gasteiger partial charge is 0.322 e. The van der Waals surface area contributed by atoms with Crippen molar-refractivity contribution in [2.75, 3.05) is 18.4 Å². The molecule has 1 aliphatic heterocycles. The molecule has 0 bridgehead atoms. The van der Waals surface area contributed by atoms with E-state index in [1.807, 2.05) is 30.0 Å². The molecule has 0 aromatic heterocycles. The molecular formula is C16H22ClN3O. The van der Waals surface area contributed by atoms with Gasteiger partial charge in [-0.2, -0.15) is 0 Å². The predicted molar refractivity (Wildman–Crippen MR) is 86.0 cm³/mol. The van der Waals surface area contributed by atoms with Gasteiger partial charge in [-0.25, -0.2) is 4.79 Å². The van der Waals surface area contributed by atoms with E-state index in [0.717, 1.165) is 43.6 Å². The number of nitrogens with zero attached hydrogens (tertiary/aromatic N) is 1. The van der Waals surface area contributed by atoms with Crippen LogP contribution in [0.25, 0.3) is 0 Å². The molecule has 1 saturated carbocycles. The van der Waals surface area contributed by atoms with Gasteiger partial charge in [0.1, 0.15) is 0 Å². The summed E-state index contributed by atoms with van der Waals surface area (Å²) in [6.07, 6.45) is 4.61. The van der Waals surface area contributed by atoms with Crippen molar-refractivity contribution in [1.82, 2.24) is 10.2 Å². The van der Waals surface area contributed by atoms with Crippen LogP contribution in [0, 0.1) is 6.92 Å². The number of halogens is 1. The van der Waals surface area contributed by atoms with Gasteiger partial charge in [0.25, 0.3) is 0 Å². The number of amides is 2. The average molecular weight is 308 g/mol. The molecule has 2 aliphatic rings. The van der Waals surface area contributed by atoms with E-state index in [1.54, 1.807) is 0 Å². The maximum absolute atomic E-state index is 12.5. The molecule has 1 unspecified atom stereocenters. The minimum absolute atomic E-state index is 0.00822. The molecule has 114 valence electrons. The number of carbonyl (C=O) groups excluding carboxylic acids is 1. The molecule has 2 amide bonds. The lowest BCUT2D eigenvalue weighted by molar-refractivity contribution is 0.203. The number of rotatable bonds is 4. The minimum atomic E-state index is -0.00822. The van der Waals surface area contributed by atoms with Gasteiger partial charge in [0.15, 0.2) is 0 Å². The van der Waals surface area contributed by atoms with Crippen LogP contribution < -0.4 is 10.6 Å². The lowest BCUT2D eigenvalue weighted by atomic mass is 10.2. The molecule has 3 rings (SSSR count). The summed E-state index contributed by atoms with van der Waals surface area (Å²) in [6.45, 7) is 3.82. The Morgan fingerprint density at radius 3 is 2.86 bits per heavy atom. The Balaban J connectivity index is 1.64. The molecule has 2 fully saturated rings. The van der Waals surface area contributed by atoms with Crippen molar-refractivity contribution in [2.24, 2.45) is 0 Å². The molecule has 2 N–H and O–H groups in total. The summed E-state index contributed by atoms with van der Waals surface area (Å²) in [5.74, 6) is 0. The van der Waals surface area contributed by atoms with E-state index in [-0.39, 0.29) is 6.03 Å². The van der Waals surface area contributed by atoms with Crippen LogP contribution in [0.2, 0.25) is 5.02 Å². The number of anilines is 1. The first-order chi connectivity index (χ1) is 10.1. The van der Waals surface area contributed by atoms with Gasteiger partial charge in [0.2, 0.25) is 0 Å². The Bertz CT molecular complexity index is 524. The average Bonchev–Trinajstić information content (AvgIpc) is 3.16. The third-order valence-electron chi connectivity index (χ3n) is 4.25. The van der Waals surface area contributed by atoms with Crippen LogP contribution in [0.15, 0.2) is 18.2 Å². The second-order valence-corrected chi connectivity index (χ2v) is 6.48. The summed E-state index contributed by atoms with van der Waals surface area (Å²) in [4.78, 5) is 14.5. The maximum Gasteiger partial charge on any atom is 0.322 e. The first kappa shape index (κ1) is 14.7. The van der Waals surface area contributed by atoms with Crippen LogP contribution >= 0.6 is 11.6 Å². The van der Waals surface area contributed by atoms with Crippen LogP contribution in [0.4, 0.5) is 10.5 Å². The quantitative estimate of drug-likeness (QED) is 0.895. The molecule has 1 saturated heterocycles. The molecule has 1 atom stereocenters. The highest BCUT2D eigenvalue weighted by atomic mass is 35.5. The second-order valence-electron chi connectivity index (χ2n) is 6.07. The van der Waals surface area contributed by atoms with Gasteiger partial charge in [-0.15, -0.1) is 0 Å². The molecule has 1 heterocycles. The topological polar surface area (TPSA) is 44.4 Å². The van der Waals surface area contributed by atoms with Gasteiger partial charge in [-0.1, -0.05) is 17.7 Å². The Morgan fingerprint density at radius 1 is 1.43 bits per heavy atom. The van der Waals surface area contributed by atoms with E-state index >= 15 is 0 Å². The number of nitrogens with one attached hydrogen (secondary N) is 2. The summed E-state index contributed by atoms with van der Waals surface area (Å²) in [5, 5.41) is 7.13. The number of aryl methyl sites for hydroxylation is 1. The van der Waals surface area contributed by atoms with E-state index in [1.165, 1.54) is 6.42 Å². The molecule has 4 nitrogen and oxygen atoms in total. The highest BCUT2D eigenvalue weighted by Gasteiger charge is 2.34. The van der Waals surface area contributed by atoms with Gasteiger partial charge in [-0.05, 0) is 56.8 Å². The zero-order valence-corrected chi connectivity index (χ0v) is 13.1. The Labute approximate surface area is 130 Å². The molecule has 5 heteroatoms. The van der Waals surface area contributed by atoms with Crippen LogP contribution in [0.3, 0.4) is 0 Å². The van der Waals surface area contributed by atoms with Gasteiger partial charge >= 0.3 is 6.03 Å². The van der Waals surface area contributed by atoms with Gasteiger partial charge in [0.05, 0.1) is 0 Å². The number of hydrogen-bond acceptors (Lipinski definition) is 2. The van der Waals surface area contributed by atoms with Crippen LogP contribution in [0.1, 0.15) is 31.2 Å². The number of urea groups is 1. The Kier molecular flexibility index (Phi) is 4.36. The maximum atomic E-state index is 12.5. The summed E-state index contributed by atoms with van der Waals surface area (Å²) in [6, 6.07) is 6.49. The number of carbonyl (C=O) groups is 1. The van der Waals surface area contributed by atoms with Crippen molar-refractivity contribution in [3.63, 3.8) is 0 Å². The molecule has 0 radical (unpaired) electrons. The normalized spacial score (nSPS) is 21.3. The van der Waals surface area contributed by atoms with E-state index in [0.29, 0.717) is 17.1 Å². The Hall–Kier alpha value is -1.26. The molecule has 1 aromatic rings. The SMILES string of the molecule is Cc1ccc(NC(=O)N(CC2CCCN2)C2CC2)cc1Cl. The van der Waals surface area contributed by atoms with E-state index in [9.17, 15) is 4.79 Å². The van der Waals surface area contributed by atoms with Gasteiger partial charge < -0.3 is 15.5 Å². The lowest BCUT2D eigenvalue weighted by Crippen LogP contribution is -2.44. The lowest BCUT2D eigenvalue weighted by Gasteiger charge is -2.26. The standard InChI is InChI=1S/C16H22ClN3O/c1-11-4-5-12(9-15(11)17)19-16(21)20(14-6-7-14)10-13-3-2-8-18-13/h4-5,9,13-14,18H,2-3,6-8,10H2,1H3,(H,19,21). The van der Waals surface area contributed by atoms with Crippen LogP contribution in [-0.2, 0) is 0 Å². The fraction of sp³-hybridized carbons (Fsp3) is 0.562. The van der Waals surface area contributed by atoms with Crippen molar-refractivity contribution >= 4 is 23.3 Å². The zero-order valence-electron chi connectivity index (χ0n) is 12.4. The molecule has 0 spiro atoms. The van der Waals surface area contributed by atoms with Crippen LogP contribution in [-0.4, -0.2) is 36.1 Å². The fourth-order valence-electron chi connectivity index (χ4n) is 2.80. The monoisotopic (exact) mass is 307 g/mol. The predicted octanol–water partition coefficient (Wildman–Crippen LogP) is 3.40. The second kappa shape index (κ2) is 6.24. The Morgan fingerprint density at radius 2 is 2.24 bits per heavy atom. The molecule has 1 aliphatic carbocycles. The molecule has 1 aromatic carbocycles. The summed E-state index contributed by atoms with van der Waals surface area (Å²) in [7, 11) is 0. The summed E-state index contributed by atoms with van der Waals surface area (Å²) < 4.78 is 0. The van der Waals surface area contributed by atoms with Crippen molar-refractivity contribution < 1.29 is 4.79 Å². The fourth-order valence-corrected chi connectivity index (χ4v) is 2.98. The van der Waals surface area contributed by atoms with E-state index < -0.39 is 0 Å². The van der Waals surface area contributed by atoms with Crippen molar-refractivity contribution in [3.8, 4) is 0 Å². The smallest absolute Gasteiger partial charge is 0.320 e. The summed E-state index contributed by atoms with van der Waals surface area (Å²) in [5.41, 5.74) is 1.78. The number of benzene rings is 1. The van der Waals surface area contributed by atoms with Crippen molar-refractivity contribution in [3.05, 3.63) is 28.8 Å². The highest BCUT2D eigenvalue weighted by molar-refractivity contribution is 6.31. The van der Waals surface area contributed by atoms with Crippen molar-refractivity contribution in [1.29, 1.82) is 0 Å². The first-order valence-corrected chi connectivity index (χ1v) is 8.08. The van der Waals surface area contributed by atoms with Crippen molar-refractivity contribution in [2.45, 2.75) is 44.7 Å².